The number of ether oxygens (including phenoxy) is 3. The third kappa shape index (κ3) is 6.30. The lowest BCUT2D eigenvalue weighted by Crippen LogP contribution is -2.33. The fraction of sp³-hybridized carbons (Fsp3) is 0.357. The second-order valence-electron chi connectivity index (χ2n) is 8.64. The van der Waals surface area contributed by atoms with Crippen molar-refractivity contribution in [1.82, 2.24) is 0 Å². The number of halogens is 1. The molecule has 34 heavy (non-hydrogen) atoms. The SMILES string of the molecule is COc1ccc(Cc2cc(C3CC(O)CC(CO)O3)ccc2Cl)cc1.c1ccc2c(c1)CCO2. The maximum absolute atomic E-state index is 10.0. The zero-order chi connectivity index (χ0) is 23.9. The minimum absolute atomic E-state index is 0.0835. The lowest BCUT2D eigenvalue weighted by Gasteiger charge is -2.32. The Bertz CT molecular complexity index is 1050. The smallest absolute Gasteiger partial charge is 0.122 e. The molecule has 3 atom stereocenters. The van der Waals surface area contributed by atoms with Gasteiger partial charge in [0.05, 0.1) is 38.6 Å². The van der Waals surface area contributed by atoms with Gasteiger partial charge in [-0.25, -0.2) is 0 Å². The molecule has 6 heteroatoms. The summed E-state index contributed by atoms with van der Waals surface area (Å²) in [6.07, 6.45) is 1.77. The van der Waals surface area contributed by atoms with Crippen LogP contribution in [0.2, 0.25) is 5.02 Å². The van der Waals surface area contributed by atoms with Crippen molar-refractivity contribution in [1.29, 1.82) is 0 Å². The van der Waals surface area contributed by atoms with Crippen LogP contribution >= 0.6 is 11.6 Å². The predicted octanol–water partition coefficient (Wildman–Crippen LogP) is 5.13. The van der Waals surface area contributed by atoms with Crippen molar-refractivity contribution in [2.45, 2.75) is 44.0 Å². The number of benzene rings is 3. The second kappa shape index (κ2) is 11.7. The first-order chi connectivity index (χ1) is 16.6. The molecule has 0 bridgehead atoms. The molecule has 3 aromatic carbocycles. The van der Waals surface area contributed by atoms with Gasteiger partial charge >= 0.3 is 0 Å². The van der Waals surface area contributed by atoms with Crippen molar-refractivity contribution < 1.29 is 24.4 Å². The summed E-state index contributed by atoms with van der Waals surface area (Å²) in [5.41, 5.74) is 4.47. The summed E-state index contributed by atoms with van der Waals surface area (Å²) < 4.78 is 16.4. The van der Waals surface area contributed by atoms with Crippen LogP contribution in [0.3, 0.4) is 0 Å². The van der Waals surface area contributed by atoms with Crippen molar-refractivity contribution in [2.75, 3.05) is 20.3 Å². The van der Waals surface area contributed by atoms with Crippen LogP contribution in [0.5, 0.6) is 11.5 Å². The average molecular weight is 483 g/mol. The summed E-state index contributed by atoms with van der Waals surface area (Å²) in [6.45, 7) is 0.777. The number of fused-ring (bicyclic) bond motifs is 1. The fourth-order valence-corrected chi connectivity index (χ4v) is 4.52. The normalized spacial score (nSPS) is 21.1. The zero-order valence-corrected chi connectivity index (χ0v) is 20.1. The van der Waals surface area contributed by atoms with E-state index in [1.165, 1.54) is 5.56 Å². The zero-order valence-electron chi connectivity index (χ0n) is 19.3. The van der Waals surface area contributed by atoms with Gasteiger partial charge < -0.3 is 24.4 Å². The maximum Gasteiger partial charge on any atom is 0.122 e. The van der Waals surface area contributed by atoms with E-state index < -0.39 is 6.10 Å². The van der Waals surface area contributed by atoms with Crippen LogP contribution in [0.25, 0.3) is 0 Å². The van der Waals surface area contributed by atoms with Gasteiger partial charge in [0.15, 0.2) is 0 Å². The topological polar surface area (TPSA) is 68.2 Å². The molecule has 0 radical (unpaired) electrons. The maximum atomic E-state index is 10.0. The van der Waals surface area contributed by atoms with Crippen LogP contribution in [0, 0.1) is 0 Å². The van der Waals surface area contributed by atoms with Gasteiger partial charge in [0, 0.05) is 24.3 Å². The highest BCUT2D eigenvalue weighted by atomic mass is 35.5. The van der Waals surface area contributed by atoms with Gasteiger partial charge in [-0.15, -0.1) is 0 Å². The van der Waals surface area contributed by atoms with E-state index in [0.717, 1.165) is 41.2 Å². The first kappa shape index (κ1) is 24.6. The molecular weight excluding hydrogens is 452 g/mol. The molecule has 1 saturated heterocycles. The molecule has 0 aliphatic carbocycles. The first-order valence-electron chi connectivity index (χ1n) is 11.6. The molecule has 180 valence electrons. The van der Waals surface area contributed by atoms with Gasteiger partial charge in [0.1, 0.15) is 11.5 Å². The van der Waals surface area contributed by atoms with Crippen LogP contribution in [0.4, 0.5) is 0 Å². The molecule has 3 unspecified atom stereocenters. The van der Waals surface area contributed by atoms with Crippen LogP contribution in [-0.4, -0.2) is 42.7 Å². The number of rotatable bonds is 5. The lowest BCUT2D eigenvalue weighted by molar-refractivity contribution is -0.113. The highest BCUT2D eigenvalue weighted by Crippen LogP contribution is 2.34. The molecular formula is C28H31ClO5. The van der Waals surface area contributed by atoms with E-state index in [1.54, 1.807) is 7.11 Å². The Hall–Kier alpha value is -2.57. The third-order valence-corrected chi connectivity index (χ3v) is 6.55. The molecule has 0 aromatic heterocycles. The third-order valence-electron chi connectivity index (χ3n) is 6.18. The summed E-state index contributed by atoms with van der Waals surface area (Å²) in [5, 5.41) is 20.1. The molecule has 5 nitrogen and oxygen atoms in total. The van der Waals surface area contributed by atoms with Crippen LogP contribution in [0.15, 0.2) is 66.7 Å². The molecule has 2 aliphatic rings. The fourth-order valence-electron chi connectivity index (χ4n) is 4.34. The summed E-state index contributed by atoms with van der Waals surface area (Å²) in [6, 6.07) is 21.9. The van der Waals surface area contributed by atoms with Crippen molar-refractivity contribution in [3.8, 4) is 11.5 Å². The van der Waals surface area contributed by atoms with E-state index in [4.69, 9.17) is 25.8 Å². The quantitative estimate of drug-likeness (QED) is 0.527. The summed E-state index contributed by atoms with van der Waals surface area (Å²) in [4.78, 5) is 0. The molecule has 5 rings (SSSR count). The van der Waals surface area contributed by atoms with Crippen molar-refractivity contribution in [3.63, 3.8) is 0 Å². The van der Waals surface area contributed by atoms with Crippen LogP contribution in [-0.2, 0) is 17.6 Å². The van der Waals surface area contributed by atoms with Crippen LogP contribution < -0.4 is 9.47 Å². The molecule has 0 amide bonds. The van der Waals surface area contributed by atoms with Gasteiger partial charge in [0.2, 0.25) is 0 Å². The van der Waals surface area contributed by atoms with Crippen molar-refractivity contribution in [3.05, 3.63) is 94.0 Å². The number of methoxy groups -OCH3 is 1. The average Bonchev–Trinajstić information content (AvgIpc) is 3.35. The highest BCUT2D eigenvalue weighted by Gasteiger charge is 2.29. The van der Waals surface area contributed by atoms with Gasteiger partial charge in [-0.05, 0) is 52.9 Å². The first-order valence-corrected chi connectivity index (χ1v) is 12.0. The summed E-state index contributed by atoms with van der Waals surface area (Å²) >= 11 is 6.37. The lowest BCUT2D eigenvalue weighted by atomic mass is 9.94. The Morgan fingerprint density at radius 1 is 1.03 bits per heavy atom. The van der Waals surface area contributed by atoms with Crippen molar-refractivity contribution >= 4 is 11.6 Å². The summed E-state index contributed by atoms with van der Waals surface area (Å²) in [5.74, 6) is 1.89. The Morgan fingerprint density at radius 3 is 2.56 bits per heavy atom. The molecule has 2 aliphatic heterocycles. The molecule has 3 aromatic rings. The van der Waals surface area contributed by atoms with E-state index >= 15 is 0 Å². The number of hydrogen-bond donors (Lipinski definition) is 2. The van der Waals surface area contributed by atoms with Gasteiger partial charge in [-0.1, -0.05) is 54.1 Å². The minimum Gasteiger partial charge on any atom is -0.497 e. The molecule has 0 spiro atoms. The monoisotopic (exact) mass is 482 g/mol. The minimum atomic E-state index is -0.461. The van der Waals surface area contributed by atoms with Crippen molar-refractivity contribution in [2.24, 2.45) is 0 Å². The van der Waals surface area contributed by atoms with E-state index in [9.17, 15) is 10.2 Å². The molecule has 2 heterocycles. The Kier molecular flexibility index (Phi) is 8.46. The largest absolute Gasteiger partial charge is 0.497 e. The van der Waals surface area contributed by atoms with Crippen LogP contribution in [0.1, 0.15) is 41.2 Å². The van der Waals surface area contributed by atoms with E-state index in [-0.39, 0.29) is 18.8 Å². The molecule has 2 N–H and O–H groups in total. The Balaban J connectivity index is 0.000000252. The van der Waals surface area contributed by atoms with Gasteiger partial charge in [-0.3, -0.25) is 0 Å². The molecule has 0 saturated carbocycles. The highest BCUT2D eigenvalue weighted by molar-refractivity contribution is 6.31. The van der Waals surface area contributed by atoms with Gasteiger partial charge in [-0.2, -0.15) is 0 Å². The number of aliphatic hydroxyl groups excluding tert-OH is 2. The Morgan fingerprint density at radius 2 is 1.82 bits per heavy atom. The summed E-state index contributed by atoms with van der Waals surface area (Å²) in [7, 11) is 1.65. The van der Waals surface area contributed by atoms with E-state index in [1.807, 2.05) is 60.7 Å². The second-order valence-corrected chi connectivity index (χ2v) is 9.04. The van der Waals surface area contributed by atoms with E-state index in [0.29, 0.717) is 24.3 Å². The van der Waals surface area contributed by atoms with E-state index in [2.05, 4.69) is 6.07 Å². The standard InChI is InChI=1S/C20H23ClO4.C8H8O/c1-24-17-5-2-13(3-6-17)8-15-9-14(4-7-19(15)21)20-11-16(23)10-18(12-22)25-20;1-2-4-8-7(3-1)5-6-9-8/h2-7,9,16,18,20,22-23H,8,10-12H2,1H3;1-4H,5-6H2. The Labute approximate surface area is 205 Å². The predicted molar refractivity (Wildman–Crippen MR) is 133 cm³/mol. The number of aliphatic hydroxyl groups is 2. The number of para-hydroxylation sites is 1. The molecule has 1 fully saturated rings. The number of hydrogen-bond acceptors (Lipinski definition) is 5. The van der Waals surface area contributed by atoms with Gasteiger partial charge in [0.25, 0.3) is 0 Å².